The zero-order chi connectivity index (χ0) is 18.1. The molecular weight excluding hydrogens is 330 g/mol. The summed E-state index contributed by atoms with van der Waals surface area (Å²) in [4.78, 5) is 33.2. The number of rotatable bonds is 5. The van der Waals surface area contributed by atoms with Crippen molar-refractivity contribution in [3.63, 3.8) is 0 Å². The summed E-state index contributed by atoms with van der Waals surface area (Å²) in [6.45, 7) is 4.64. The fraction of sp³-hybridized carbons (Fsp3) is 0.444. The minimum absolute atomic E-state index is 0.137. The molecule has 0 spiro atoms. The van der Waals surface area contributed by atoms with Gasteiger partial charge in [-0.3, -0.25) is 0 Å². The molecule has 0 saturated heterocycles. The standard InChI is InChI=1S/C18H21N7O/c1-3-25-17(13-7-19-11(2)20-8-13)24-15-16(21-10-22-18(15)25)23-14-5-4-12(6-14)9-26/h7-10,12,14H,3-6H2,1-2H3,(H,21,22,23)/t12-,14+/m1/s1. The number of hydrogen-bond acceptors (Lipinski definition) is 7. The molecular formula is C18H21N7O. The van der Waals surface area contributed by atoms with E-state index in [2.05, 4.69) is 32.2 Å². The molecule has 8 heteroatoms. The van der Waals surface area contributed by atoms with Crippen LogP contribution in [0.1, 0.15) is 32.0 Å². The number of hydrogen-bond donors (Lipinski definition) is 1. The van der Waals surface area contributed by atoms with Gasteiger partial charge in [-0.1, -0.05) is 0 Å². The lowest BCUT2D eigenvalue weighted by molar-refractivity contribution is -0.110. The SMILES string of the molecule is CCn1c(-c2cnc(C)nc2)nc2c(N[C@H]3CC[C@@H](C=O)C3)ncnc21. The summed E-state index contributed by atoms with van der Waals surface area (Å²) in [7, 11) is 0. The summed E-state index contributed by atoms with van der Waals surface area (Å²) in [5, 5.41) is 3.46. The van der Waals surface area contributed by atoms with Crippen LogP contribution < -0.4 is 5.32 Å². The molecule has 1 fully saturated rings. The number of nitrogens with one attached hydrogen (secondary N) is 1. The molecule has 26 heavy (non-hydrogen) atoms. The molecule has 3 aromatic rings. The Bertz CT molecular complexity index is 935. The number of fused-ring (bicyclic) bond motifs is 1. The van der Waals surface area contributed by atoms with Crippen molar-refractivity contribution in [1.82, 2.24) is 29.5 Å². The van der Waals surface area contributed by atoms with E-state index in [0.29, 0.717) is 5.82 Å². The highest BCUT2D eigenvalue weighted by molar-refractivity contribution is 5.86. The van der Waals surface area contributed by atoms with E-state index in [9.17, 15) is 4.79 Å². The van der Waals surface area contributed by atoms with Crippen LogP contribution in [0.25, 0.3) is 22.6 Å². The van der Waals surface area contributed by atoms with E-state index in [1.54, 1.807) is 18.7 Å². The van der Waals surface area contributed by atoms with Crippen LogP contribution in [0.3, 0.4) is 0 Å². The highest BCUT2D eigenvalue weighted by atomic mass is 16.1. The minimum atomic E-state index is 0.137. The summed E-state index contributed by atoms with van der Waals surface area (Å²) >= 11 is 0. The van der Waals surface area contributed by atoms with Crippen LogP contribution in [-0.4, -0.2) is 41.8 Å². The quantitative estimate of drug-likeness (QED) is 0.705. The van der Waals surface area contributed by atoms with Gasteiger partial charge in [0.05, 0.1) is 5.56 Å². The van der Waals surface area contributed by atoms with Crippen molar-refractivity contribution in [3.05, 3.63) is 24.5 Å². The number of carbonyl (C=O) groups excluding carboxylic acids is 1. The van der Waals surface area contributed by atoms with Gasteiger partial charge in [0.25, 0.3) is 0 Å². The molecule has 1 aliphatic carbocycles. The molecule has 134 valence electrons. The summed E-state index contributed by atoms with van der Waals surface area (Å²) in [5.74, 6) is 2.36. The molecule has 0 radical (unpaired) electrons. The third-order valence-corrected chi connectivity index (χ3v) is 4.89. The summed E-state index contributed by atoms with van der Waals surface area (Å²) in [6.07, 6.45) is 8.89. The van der Waals surface area contributed by atoms with E-state index < -0.39 is 0 Å². The van der Waals surface area contributed by atoms with E-state index in [4.69, 9.17) is 4.98 Å². The molecule has 3 heterocycles. The van der Waals surface area contributed by atoms with Gasteiger partial charge in [0, 0.05) is 30.9 Å². The molecule has 2 atom stereocenters. The number of carbonyl (C=O) groups is 1. The third-order valence-electron chi connectivity index (χ3n) is 4.89. The van der Waals surface area contributed by atoms with Gasteiger partial charge >= 0.3 is 0 Å². The normalized spacial score (nSPS) is 19.8. The first-order valence-electron chi connectivity index (χ1n) is 8.91. The average molecular weight is 351 g/mol. The maximum atomic E-state index is 11.0. The molecule has 1 aliphatic rings. The van der Waals surface area contributed by atoms with Crippen molar-refractivity contribution in [3.8, 4) is 11.4 Å². The van der Waals surface area contributed by atoms with Crippen molar-refractivity contribution in [2.45, 2.75) is 45.7 Å². The molecule has 4 rings (SSSR count). The van der Waals surface area contributed by atoms with Crippen LogP contribution in [0.2, 0.25) is 0 Å². The Balaban J connectivity index is 1.74. The Morgan fingerprint density at radius 2 is 2.04 bits per heavy atom. The largest absolute Gasteiger partial charge is 0.365 e. The van der Waals surface area contributed by atoms with Crippen molar-refractivity contribution in [2.24, 2.45) is 5.92 Å². The number of aldehydes is 1. The Morgan fingerprint density at radius 1 is 1.23 bits per heavy atom. The summed E-state index contributed by atoms with van der Waals surface area (Å²) in [5.41, 5.74) is 2.37. The summed E-state index contributed by atoms with van der Waals surface area (Å²) in [6, 6.07) is 0.237. The van der Waals surface area contributed by atoms with Gasteiger partial charge in [0.15, 0.2) is 17.0 Å². The van der Waals surface area contributed by atoms with Crippen molar-refractivity contribution >= 4 is 23.3 Å². The van der Waals surface area contributed by atoms with E-state index >= 15 is 0 Å². The average Bonchev–Trinajstić information content (AvgIpc) is 3.27. The predicted octanol–water partition coefficient (Wildman–Crippen LogP) is 2.39. The lowest BCUT2D eigenvalue weighted by atomic mass is 10.1. The zero-order valence-corrected chi connectivity index (χ0v) is 14.9. The number of nitrogens with zero attached hydrogens (tertiary/aromatic N) is 6. The second-order valence-electron chi connectivity index (χ2n) is 6.64. The van der Waals surface area contributed by atoms with E-state index in [1.165, 1.54) is 0 Å². The van der Waals surface area contributed by atoms with Crippen LogP contribution in [0, 0.1) is 12.8 Å². The second-order valence-corrected chi connectivity index (χ2v) is 6.64. The molecule has 1 N–H and O–H groups in total. The molecule has 0 unspecified atom stereocenters. The molecule has 3 aromatic heterocycles. The molecule has 1 saturated carbocycles. The van der Waals surface area contributed by atoms with Crippen LogP contribution in [0.4, 0.5) is 5.82 Å². The Morgan fingerprint density at radius 3 is 2.73 bits per heavy atom. The van der Waals surface area contributed by atoms with Gasteiger partial charge in [0.1, 0.15) is 24.3 Å². The van der Waals surface area contributed by atoms with Crippen LogP contribution in [0.5, 0.6) is 0 Å². The van der Waals surface area contributed by atoms with Gasteiger partial charge in [-0.25, -0.2) is 24.9 Å². The monoisotopic (exact) mass is 351 g/mol. The van der Waals surface area contributed by atoms with Crippen molar-refractivity contribution < 1.29 is 4.79 Å². The van der Waals surface area contributed by atoms with Crippen LogP contribution in [-0.2, 0) is 11.3 Å². The summed E-state index contributed by atoms with van der Waals surface area (Å²) < 4.78 is 2.04. The van der Waals surface area contributed by atoms with Crippen molar-refractivity contribution in [2.75, 3.05) is 5.32 Å². The molecule has 0 aliphatic heterocycles. The van der Waals surface area contributed by atoms with Crippen LogP contribution >= 0.6 is 0 Å². The topological polar surface area (TPSA) is 98.5 Å². The van der Waals surface area contributed by atoms with Gasteiger partial charge in [-0.05, 0) is 33.1 Å². The first kappa shape index (κ1) is 16.6. The van der Waals surface area contributed by atoms with Gasteiger partial charge < -0.3 is 14.7 Å². The fourth-order valence-corrected chi connectivity index (χ4v) is 3.53. The van der Waals surface area contributed by atoms with Crippen molar-refractivity contribution in [1.29, 1.82) is 0 Å². The smallest absolute Gasteiger partial charge is 0.165 e. The van der Waals surface area contributed by atoms with Gasteiger partial charge in [-0.2, -0.15) is 0 Å². The molecule has 8 nitrogen and oxygen atoms in total. The minimum Gasteiger partial charge on any atom is -0.365 e. The number of anilines is 1. The van der Waals surface area contributed by atoms with Crippen LogP contribution in [0.15, 0.2) is 18.7 Å². The second kappa shape index (κ2) is 6.78. The zero-order valence-electron chi connectivity index (χ0n) is 14.9. The van der Waals surface area contributed by atoms with E-state index in [0.717, 1.165) is 60.5 Å². The molecule has 0 aromatic carbocycles. The Hall–Kier alpha value is -2.90. The number of aryl methyl sites for hydroxylation is 2. The molecule has 0 amide bonds. The predicted molar refractivity (Wildman–Crippen MR) is 97.6 cm³/mol. The lowest BCUT2D eigenvalue weighted by Gasteiger charge is -2.12. The van der Waals surface area contributed by atoms with Gasteiger partial charge in [0.2, 0.25) is 0 Å². The fourth-order valence-electron chi connectivity index (χ4n) is 3.53. The highest BCUT2D eigenvalue weighted by Crippen LogP contribution is 2.30. The van der Waals surface area contributed by atoms with E-state index in [1.807, 2.05) is 11.5 Å². The maximum Gasteiger partial charge on any atom is 0.165 e. The lowest BCUT2D eigenvalue weighted by Crippen LogP contribution is -2.17. The highest BCUT2D eigenvalue weighted by Gasteiger charge is 2.26. The first-order valence-corrected chi connectivity index (χ1v) is 8.91. The number of aromatic nitrogens is 6. The Labute approximate surface area is 151 Å². The molecule has 0 bridgehead atoms. The van der Waals surface area contributed by atoms with E-state index in [-0.39, 0.29) is 12.0 Å². The maximum absolute atomic E-state index is 11.0. The third kappa shape index (κ3) is 2.91. The number of imidazole rings is 1. The van der Waals surface area contributed by atoms with Gasteiger partial charge in [-0.15, -0.1) is 0 Å². The first-order chi connectivity index (χ1) is 12.7. The Kier molecular flexibility index (Phi) is 4.32.